The normalized spacial score (nSPS) is 10.9. The summed E-state index contributed by atoms with van der Waals surface area (Å²) >= 11 is 0. The number of hydrogen-bond acceptors (Lipinski definition) is 2. The van der Waals surface area contributed by atoms with Crippen molar-refractivity contribution in [1.29, 1.82) is 0 Å². The van der Waals surface area contributed by atoms with Crippen LogP contribution >= 0.6 is 0 Å². The third-order valence-electron chi connectivity index (χ3n) is 3.10. The molecular formula is C15H20N2O. The first-order valence-corrected chi connectivity index (χ1v) is 6.26. The second-order valence-electron chi connectivity index (χ2n) is 4.84. The topological polar surface area (TPSA) is 27.1 Å². The zero-order valence-corrected chi connectivity index (χ0v) is 11.5. The quantitative estimate of drug-likeness (QED) is 0.824. The summed E-state index contributed by atoms with van der Waals surface area (Å²) < 4.78 is 7.35. The molecule has 0 spiro atoms. The van der Waals surface area contributed by atoms with Crippen LogP contribution in [0.3, 0.4) is 0 Å². The highest BCUT2D eigenvalue weighted by molar-refractivity contribution is 5.27. The molecule has 0 saturated carbocycles. The number of hydrogen-bond donors (Lipinski definition) is 0. The van der Waals surface area contributed by atoms with Crippen LogP contribution in [0.2, 0.25) is 0 Å². The van der Waals surface area contributed by atoms with Gasteiger partial charge in [0.2, 0.25) is 0 Å². The molecule has 0 fully saturated rings. The summed E-state index contributed by atoms with van der Waals surface area (Å²) in [5, 5.41) is 0. The fourth-order valence-corrected chi connectivity index (χ4v) is 1.90. The first-order valence-electron chi connectivity index (χ1n) is 6.26. The number of rotatable bonds is 4. The van der Waals surface area contributed by atoms with E-state index in [1.807, 2.05) is 12.1 Å². The van der Waals surface area contributed by atoms with Crippen molar-refractivity contribution in [2.24, 2.45) is 0 Å². The lowest BCUT2D eigenvalue weighted by Crippen LogP contribution is -2.00. The molecule has 3 nitrogen and oxygen atoms in total. The molecule has 0 aliphatic rings. The molecule has 0 aliphatic carbocycles. The van der Waals surface area contributed by atoms with Crippen molar-refractivity contribution in [3.63, 3.8) is 0 Å². The van der Waals surface area contributed by atoms with Gasteiger partial charge in [-0.1, -0.05) is 26.0 Å². The highest BCUT2D eigenvalue weighted by Gasteiger charge is 2.07. The van der Waals surface area contributed by atoms with Crippen LogP contribution in [0.25, 0.3) is 0 Å². The second-order valence-corrected chi connectivity index (χ2v) is 4.84. The van der Waals surface area contributed by atoms with Crippen molar-refractivity contribution in [2.45, 2.75) is 33.2 Å². The molecule has 96 valence electrons. The Kier molecular flexibility index (Phi) is 3.70. The molecule has 0 amide bonds. The highest BCUT2D eigenvalue weighted by atomic mass is 16.5. The molecule has 0 bridgehead atoms. The standard InChI is InChI=1S/C15H20N2O/c1-11(2)15-10-17(12(3)16-15)9-13-5-7-14(18-4)8-6-13/h5-8,10-11H,9H2,1-4H3. The summed E-state index contributed by atoms with van der Waals surface area (Å²) in [5.41, 5.74) is 2.41. The number of nitrogens with zero attached hydrogens (tertiary/aromatic N) is 2. The first-order chi connectivity index (χ1) is 8.60. The Morgan fingerprint density at radius 2 is 1.89 bits per heavy atom. The van der Waals surface area contributed by atoms with Gasteiger partial charge in [-0.15, -0.1) is 0 Å². The van der Waals surface area contributed by atoms with Crippen LogP contribution in [0.15, 0.2) is 30.5 Å². The molecule has 2 rings (SSSR count). The number of imidazole rings is 1. The molecule has 18 heavy (non-hydrogen) atoms. The lowest BCUT2D eigenvalue weighted by Gasteiger charge is -2.06. The van der Waals surface area contributed by atoms with Crippen molar-refractivity contribution in [3.05, 3.63) is 47.5 Å². The van der Waals surface area contributed by atoms with Crippen LogP contribution in [0.5, 0.6) is 5.75 Å². The number of ether oxygens (including phenoxy) is 1. The molecule has 0 aliphatic heterocycles. The third-order valence-corrected chi connectivity index (χ3v) is 3.10. The molecular weight excluding hydrogens is 224 g/mol. The van der Waals surface area contributed by atoms with Gasteiger partial charge in [-0.2, -0.15) is 0 Å². The van der Waals surface area contributed by atoms with Gasteiger partial charge in [0.1, 0.15) is 11.6 Å². The average molecular weight is 244 g/mol. The predicted octanol–water partition coefficient (Wildman–Crippen LogP) is 3.37. The maximum Gasteiger partial charge on any atom is 0.118 e. The number of methoxy groups -OCH3 is 1. The van der Waals surface area contributed by atoms with Gasteiger partial charge in [-0.3, -0.25) is 0 Å². The van der Waals surface area contributed by atoms with Crippen LogP contribution in [0.1, 0.15) is 36.8 Å². The number of aryl methyl sites for hydroxylation is 1. The highest BCUT2D eigenvalue weighted by Crippen LogP contribution is 2.16. The number of aromatic nitrogens is 2. The summed E-state index contributed by atoms with van der Waals surface area (Å²) in [4.78, 5) is 4.58. The Balaban J connectivity index is 2.17. The van der Waals surface area contributed by atoms with Crippen molar-refractivity contribution < 1.29 is 4.74 Å². The van der Waals surface area contributed by atoms with E-state index in [0.717, 1.165) is 23.8 Å². The summed E-state index contributed by atoms with van der Waals surface area (Å²) in [7, 11) is 1.68. The fraction of sp³-hybridized carbons (Fsp3) is 0.400. The molecule has 1 aromatic heterocycles. The van der Waals surface area contributed by atoms with E-state index in [1.165, 1.54) is 5.56 Å². The summed E-state index contributed by atoms with van der Waals surface area (Å²) in [6.45, 7) is 7.24. The predicted molar refractivity (Wildman–Crippen MR) is 73.1 cm³/mol. The Hall–Kier alpha value is -1.77. The summed E-state index contributed by atoms with van der Waals surface area (Å²) in [6.07, 6.45) is 2.14. The average Bonchev–Trinajstić information content (AvgIpc) is 2.72. The Morgan fingerprint density at radius 1 is 1.22 bits per heavy atom. The van der Waals surface area contributed by atoms with Gasteiger partial charge in [0.15, 0.2) is 0 Å². The molecule has 3 heteroatoms. The Bertz CT molecular complexity index is 512. The third kappa shape index (κ3) is 2.73. The molecule has 0 radical (unpaired) electrons. The van der Waals surface area contributed by atoms with Gasteiger partial charge in [0.25, 0.3) is 0 Å². The zero-order valence-electron chi connectivity index (χ0n) is 11.5. The summed E-state index contributed by atoms with van der Waals surface area (Å²) in [5.74, 6) is 2.43. The van der Waals surface area contributed by atoms with Gasteiger partial charge in [0, 0.05) is 12.7 Å². The minimum atomic E-state index is 0.473. The van der Waals surface area contributed by atoms with E-state index in [-0.39, 0.29) is 0 Å². The van der Waals surface area contributed by atoms with E-state index in [0.29, 0.717) is 5.92 Å². The van der Waals surface area contributed by atoms with Crippen molar-refractivity contribution >= 4 is 0 Å². The lowest BCUT2D eigenvalue weighted by molar-refractivity contribution is 0.414. The van der Waals surface area contributed by atoms with Crippen LogP contribution in [0.4, 0.5) is 0 Å². The van der Waals surface area contributed by atoms with Crippen LogP contribution < -0.4 is 4.74 Å². The van der Waals surface area contributed by atoms with E-state index >= 15 is 0 Å². The molecule has 0 N–H and O–H groups in total. The Labute approximate surface area is 108 Å². The van der Waals surface area contributed by atoms with Gasteiger partial charge >= 0.3 is 0 Å². The van der Waals surface area contributed by atoms with Crippen molar-refractivity contribution in [2.75, 3.05) is 7.11 Å². The Morgan fingerprint density at radius 3 is 2.39 bits per heavy atom. The maximum absolute atomic E-state index is 5.16. The molecule has 2 aromatic rings. The molecule has 0 unspecified atom stereocenters. The van der Waals surface area contributed by atoms with E-state index in [9.17, 15) is 0 Å². The number of benzene rings is 1. The van der Waals surface area contributed by atoms with Crippen LogP contribution in [-0.4, -0.2) is 16.7 Å². The van der Waals surface area contributed by atoms with E-state index in [4.69, 9.17) is 4.74 Å². The molecule has 1 heterocycles. The summed E-state index contributed by atoms with van der Waals surface area (Å²) in [6, 6.07) is 8.16. The smallest absolute Gasteiger partial charge is 0.118 e. The SMILES string of the molecule is COc1ccc(Cn2cc(C(C)C)nc2C)cc1. The van der Waals surface area contributed by atoms with Crippen LogP contribution in [0, 0.1) is 6.92 Å². The van der Waals surface area contributed by atoms with Gasteiger partial charge in [-0.05, 0) is 30.5 Å². The van der Waals surface area contributed by atoms with Gasteiger partial charge < -0.3 is 9.30 Å². The van der Waals surface area contributed by atoms with Crippen molar-refractivity contribution in [1.82, 2.24) is 9.55 Å². The molecule has 0 saturated heterocycles. The minimum Gasteiger partial charge on any atom is -0.497 e. The first kappa shape index (κ1) is 12.7. The lowest BCUT2D eigenvalue weighted by atomic mass is 10.1. The molecule has 0 atom stereocenters. The fourth-order valence-electron chi connectivity index (χ4n) is 1.90. The zero-order chi connectivity index (χ0) is 13.1. The monoisotopic (exact) mass is 244 g/mol. The minimum absolute atomic E-state index is 0.473. The second kappa shape index (κ2) is 5.25. The largest absolute Gasteiger partial charge is 0.497 e. The maximum atomic E-state index is 5.16. The van der Waals surface area contributed by atoms with Gasteiger partial charge in [0.05, 0.1) is 12.8 Å². The van der Waals surface area contributed by atoms with E-state index in [1.54, 1.807) is 7.11 Å². The van der Waals surface area contributed by atoms with E-state index in [2.05, 4.69) is 48.7 Å². The van der Waals surface area contributed by atoms with E-state index < -0.39 is 0 Å². The van der Waals surface area contributed by atoms with Crippen molar-refractivity contribution in [3.8, 4) is 5.75 Å². The molecule has 1 aromatic carbocycles. The van der Waals surface area contributed by atoms with Gasteiger partial charge in [-0.25, -0.2) is 4.98 Å². The van der Waals surface area contributed by atoms with Crippen LogP contribution in [-0.2, 0) is 6.54 Å².